The molecule has 1 heterocycles. The van der Waals surface area contributed by atoms with Crippen LogP contribution in [0.3, 0.4) is 0 Å². The van der Waals surface area contributed by atoms with Gasteiger partial charge in [0.25, 0.3) is 0 Å². The Hall–Kier alpha value is -2.94. The van der Waals surface area contributed by atoms with E-state index in [9.17, 15) is 0 Å². The van der Waals surface area contributed by atoms with E-state index in [1.165, 1.54) is 0 Å². The highest BCUT2D eigenvalue weighted by atomic mass is 16.4. The summed E-state index contributed by atoms with van der Waals surface area (Å²) in [6, 6.07) is 24.5. The van der Waals surface area contributed by atoms with Crippen LogP contribution < -0.4 is 0 Å². The van der Waals surface area contributed by atoms with Crippen LogP contribution in [-0.2, 0) is 6.42 Å². The molecule has 0 bridgehead atoms. The second-order valence-corrected chi connectivity index (χ2v) is 5.44. The van der Waals surface area contributed by atoms with Crippen molar-refractivity contribution in [3.8, 4) is 22.4 Å². The first-order chi connectivity index (χ1) is 11.3. The van der Waals surface area contributed by atoms with Gasteiger partial charge in [0.1, 0.15) is 0 Å². The summed E-state index contributed by atoms with van der Waals surface area (Å²) < 4.78 is 0. The average Bonchev–Trinajstić information content (AvgIpc) is 2.63. The van der Waals surface area contributed by atoms with Gasteiger partial charge in [-0.2, -0.15) is 0 Å². The Kier molecular flexibility index (Phi) is 4.48. The standard InChI is InChI=1S/C20H18N2O/c1-15(22-23)14-18-12-13-19(16-8-4-2-5-9-16)20(21-18)17-10-6-3-7-11-17/h2-13,23H,14H2,1H3. The van der Waals surface area contributed by atoms with Crippen LogP contribution in [0.25, 0.3) is 22.4 Å². The second kappa shape index (κ2) is 6.88. The van der Waals surface area contributed by atoms with Gasteiger partial charge in [0, 0.05) is 23.2 Å². The van der Waals surface area contributed by atoms with Crippen LogP contribution in [0.1, 0.15) is 12.6 Å². The van der Waals surface area contributed by atoms with E-state index in [-0.39, 0.29) is 0 Å². The van der Waals surface area contributed by atoms with Crippen molar-refractivity contribution in [2.45, 2.75) is 13.3 Å². The van der Waals surface area contributed by atoms with E-state index >= 15 is 0 Å². The molecule has 0 spiro atoms. The van der Waals surface area contributed by atoms with Gasteiger partial charge in [0.05, 0.1) is 11.4 Å². The van der Waals surface area contributed by atoms with Crippen molar-refractivity contribution in [3.63, 3.8) is 0 Å². The zero-order valence-corrected chi connectivity index (χ0v) is 13.0. The molecular weight excluding hydrogens is 284 g/mol. The fourth-order valence-electron chi connectivity index (χ4n) is 2.56. The van der Waals surface area contributed by atoms with E-state index in [0.29, 0.717) is 12.1 Å². The Labute approximate surface area is 136 Å². The molecule has 0 radical (unpaired) electrons. The van der Waals surface area contributed by atoms with Gasteiger partial charge in [-0.25, -0.2) is 0 Å². The van der Waals surface area contributed by atoms with E-state index in [1.54, 1.807) is 6.92 Å². The SMILES string of the molecule is CC(Cc1ccc(-c2ccccc2)c(-c2ccccc2)n1)=NO. The number of hydrogen-bond acceptors (Lipinski definition) is 3. The molecule has 0 saturated heterocycles. The molecule has 1 N–H and O–H groups in total. The number of aromatic nitrogens is 1. The van der Waals surface area contributed by atoms with Crippen molar-refractivity contribution in [3.05, 3.63) is 78.5 Å². The van der Waals surface area contributed by atoms with Crippen LogP contribution in [0.4, 0.5) is 0 Å². The number of pyridine rings is 1. The highest BCUT2D eigenvalue weighted by Gasteiger charge is 2.10. The first-order valence-corrected chi connectivity index (χ1v) is 7.56. The predicted molar refractivity (Wildman–Crippen MR) is 93.7 cm³/mol. The minimum absolute atomic E-state index is 0.533. The summed E-state index contributed by atoms with van der Waals surface area (Å²) in [5.41, 5.74) is 5.78. The van der Waals surface area contributed by atoms with Gasteiger partial charge >= 0.3 is 0 Å². The zero-order valence-electron chi connectivity index (χ0n) is 13.0. The molecule has 0 saturated carbocycles. The summed E-state index contributed by atoms with van der Waals surface area (Å²) in [7, 11) is 0. The molecule has 2 aromatic carbocycles. The Balaban J connectivity index is 2.13. The van der Waals surface area contributed by atoms with Gasteiger partial charge in [-0.3, -0.25) is 4.98 Å². The van der Waals surface area contributed by atoms with Crippen LogP contribution in [0.2, 0.25) is 0 Å². The van der Waals surface area contributed by atoms with Crippen molar-refractivity contribution < 1.29 is 5.21 Å². The Morgan fingerprint density at radius 3 is 2.09 bits per heavy atom. The third-order valence-electron chi connectivity index (χ3n) is 3.69. The average molecular weight is 302 g/mol. The van der Waals surface area contributed by atoms with Crippen molar-refractivity contribution >= 4 is 5.71 Å². The maximum atomic E-state index is 8.88. The molecule has 3 nitrogen and oxygen atoms in total. The molecule has 114 valence electrons. The van der Waals surface area contributed by atoms with E-state index in [4.69, 9.17) is 10.2 Å². The predicted octanol–water partition coefficient (Wildman–Crippen LogP) is 4.81. The molecule has 0 aliphatic heterocycles. The van der Waals surface area contributed by atoms with Gasteiger partial charge in [0.15, 0.2) is 0 Å². The van der Waals surface area contributed by atoms with Crippen molar-refractivity contribution in [1.82, 2.24) is 4.98 Å². The summed E-state index contributed by atoms with van der Waals surface area (Å²) in [4.78, 5) is 4.82. The summed E-state index contributed by atoms with van der Waals surface area (Å²) in [6.45, 7) is 1.79. The first kappa shape index (κ1) is 15.0. The molecular formula is C20H18N2O. The number of rotatable bonds is 4. The Morgan fingerprint density at radius 1 is 0.870 bits per heavy atom. The lowest BCUT2D eigenvalue weighted by Crippen LogP contribution is -2.02. The lowest BCUT2D eigenvalue weighted by atomic mass is 9.98. The van der Waals surface area contributed by atoms with Crippen molar-refractivity contribution in [2.75, 3.05) is 0 Å². The minimum atomic E-state index is 0.533. The molecule has 0 amide bonds. The van der Waals surface area contributed by atoms with Gasteiger partial charge in [-0.05, 0) is 18.6 Å². The van der Waals surface area contributed by atoms with Crippen LogP contribution in [-0.4, -0.2) is 15.9 Å². The molecule has 3 rings (SSSR count). The maximum Gasteiger partial charge on any atom is 0.0783 e. The van der Waals surface area contributed by atoms with Gasteiger partial charge in [-0.1, -0.05) is 71.9 Å². The van der Waals surface area contributed by atoms with E-state index in [1.807, 2.05) is 42.5 Å². The molecule has 0 unspecified atom stereocenters. The molecule has 0 atom stereocenters. The quantitative estimate of drug-likeness (QED) is 0.427. The third kappa shape index (κ3) is 3.46. The van der Waals surface area contributed by atoms with Gasteiger partial charge in [0.2, 0.25) is 0 Å². The number of hydrogen-bond donors (Lipinski definition) is 1. The Morgan fingerprint density at radius 2 is 1.48 bits per heavy atom. The molecule has 3 aromatic rings. The summed E-state index contributed by atoms with van der Waals surface area (Å²) in [6.07, 6.45) is 0.533. The largest absolute Gasteiger partial charge is 0.411 e. The lowest BCUT2D eigenvalue weighted by molar-refractivity contribution is 0.317. The first-order valence-electron chi connectivity index (χ1n) is 7.56. The topological polar surface area (TPSA) is 45.5 Å². The van der Waals surface area contributed by atoms with Gasteiger partial charge in [-0.15, -0.1) is 0 Å². The highest BCUT2D eigenvalue weighted by Crippen LogP contribution is 2.30. The van der Waals surface area contributed by atoms with Gasteiger partial charge < -0.3 is 5.21 Å². The minimum Gasteiger partial charge on any atom is -0.411 e. The molecule has 0 fully saturated rings. The van der Waals surface area contributed by atoms with E-state index in [2.05, 4.69) is 35.5 Å². The van der Waals surface area contributed by atoms with Crippen molar-refractivity contribution in [2.24, 2.45) is 5.16 Å². The maximum absolute atomic E-state index is 8.88. The highest BCUT2D eigenvalue weighted by molar-refractivity contribution is 5.84. The normalized spacial score (nSPS) is 11.4. The van der Waals surface area contributed by atoms with Crippen LogP contribution in [0, 0.1) is 0 Å². The molecule has 0 aliphatic rings. The molecule has 1 aromatic heterocycles. The van der Waals surface area contributed by atoms with Crippen LogP contribution in [0.15, 0.2) is 78.0 Å². The van der Waals surface area contributed by atoms with Crippen LogP contribution >= 0.6 is 0 Å². The fourth-order valence-corrected chi connectivity index (χ4v) is 2.56. The van der Waals surface area contributed by atoms with E-state index in [0.717, 1.165) is 28.1 Å². The smallest absolute Gasteiger partial charge is 0.0783 e. The fraction of sp³-hybridized carbons (Fsp3) is 0.100. The molecule has 23 heavy (non-hydrogen) atoms. The number of oxime groups is 1. The third-order valence-corrected chi connectivity index (χ3v) is 3.69. The lowest BCUT2D eigenvalue weighted by Gasteiger charge is -2.11. The number of nitrogens with zero attached hydrogens (tertiary/aromatic N) is 2. The molecule has 0 aliphatic carbocycles. The second-order valence-electron chi connectivity index (χ2n) is 5.44. The zero-order chi connectivity index (χ0) is 16.1. The van der Waals surface area contributed by atoms with Crippen molar-refractivity contribution in [1.29, 1.82) is 0 Å². The monoisotopic (exact) mass is 302 g/mol. The van der Waals surface area contributed by atoms with Crippen LogP contribution in [0.5, 0.6) is 0 Å². The summed E-state index contributed by atoms with van der Waals surface area (Å²) >= 11 is 0. The summed E-state index contributed by atoms with van der Waals surface area (Å²) in [5, 5.41) is 12.1. The number of benzene rings is 2. The van der Waals surface area contributed by atoms with E-state index < -0.39 is 0 Å². The Bertz CT molecular complexity index is 812. The molecule has 3 heteroatoms. The summed E-state index contributed by atoms with van der Waals surface area (Å²) in [5.74, 6) is 0.